The quantitative estimate of drug-likeness (QED) is 0.409. The Labute approximate surface area is 60.2 Å². The largest absolute Gasteiger partial charge is 0.477 e. The van der Waals surface area contributed by atoms with Crippen LogP contribution in [0.1, 0.15) is 6.42 Å². The van der Waals surface area contributed by atoms with Crippen molar-refractivity contribution in [1.29, 1.82) is 0 Å². The fourth-order valence-corrected chi connectivity index (χ4v) is 0.558. The molecule has 1 aliphatic rings. The van der Waals surface area contributed by atoms with Gasteiger partial charge in [0.05, 0.1) is 5.10 Å². The number of aliphatic carboxylic acids is 1. The lowest BCUT2D eigenvalue weighted by Gasteiger charge is -1.88. The van der Waals surface area contributed by atoms with Gasteiger partial charge in [-0.25, -0.2) is 4.79 Å². The number of rotatable bonds is 1. The molecular formula is C4H3N3O4. The third-order valence-electron chi connectivity index (χ3n) is 1.07. The molecule has 0 spiro atoms. The van der Waals surface area contributed by atoms with Gasteiger partial charge in [-0.1, -0.05) is 0 Å². The molecule has 0 aliphatic carbocycles. The molecule has 0 radical (unpaired) electrons. The summed E-state index contributed by atoms with van der Waals surface area (Å²) in [6.45, 7) is 0. The molecule has 7 nitrogen and oxygen atoms in total. The Morgan fingerprint density at radius 2 is 2.27 bits per heavy atom. The number of carboxylic acids is 1. The van der Waals surface area contributed by atoms with Crippen LogP contribution in [0.5, 0.6) is 0 Å². The first-order chi connectivity index (χ1) is 5.11. The van der Waals surface area contributed by atoms with Gasteiger partial charge in [0.2, 0.25) is 0 Å². The van der Waals surface area contributed by atoms with Crippen molar-refractivity contribution in [2.45, 2.75) is 6.42 Å². The number of amidine groups is 1. The van der Waals surface area contributed by atoms with Crippen LogP contribution >= 0.6 is 0 Å². The van der Waals surface area contributed by atoms with Crippen molar-refractivity contribution in [3.8, 4) is 0 Å². The molecule has 0 atom stereocenters. The molecular weight excluding hydrogens is 154 g/mol. The molecule has 1 heterocycles. The maximum atomic E-state index is 10.1. The Balaban J connectivity index is 2.66. The van der Waals surface area contributed by atoms with Crippen molar-refractivity contribution in [1.82, 2.24) is 0 Å². The molecule has 0 unspecified atom stereocenters. The Morgan fingerprint density at radius 1 is 1.64 bits per heavy atom. The minimum Gasteiger partial charge on any atom is -0.477 e. The summed E-state index contributed by atoms with van der Waals surface area (Å²) in [6, 6.07) is 0. The van der Waals surface area contributed by atoms with Gasteiger partial charge in [0, 0.05) is 0 Å². The molecule has 0 saturated heterocycles. The molecule has 0 bridgehead atoms. The molecule has 58 valence electrons. The van der Waals surface area contributed by atoms with Gasteiger partial charge < -0.3 is 15.2 Å². The SMILES string of the molecule is O=C(O)C1=NN=C([N+](=O)[O-])C1. The van der Waals surface area contributed by atoms with E-state index in [1.54, 1.807) is 0 Å². The van der Waals surface area contributed by atoms with Crippen molar-refractivity contribution < 1.29 is 14.8 Å². The van der Waals surface area contributed by atoms with Gasteiger partial charge >= 0.3 is 11.8 Å². The highest BCUT2D eigenvalue weighted by Gasteiger charge is 2.27. The minimum absolute atomic E-state index is 0.295. The third-order valence-corrected chi connectivity index (χ3v) is 1.07. The Morgan fingerprint density at radius 3 is 2.55 bits per heavy atom. The summed E-state index contributed by atoms with van der Waals surface area (Å²) in [4.78, 5) is 19.4. The predicted molar refractivity (Wildman–Crippen MR) is 34.1 cm³/mol. The second kappa shape index (κ2) is 2.45. The maximum absolute atomic E-state index is 10.1. The van der Waals surface area contributed by atoms with Gasteiger partial charge in [0.1, 0.15) is 6.42 Å². The summed E-state index contributed by atoms with van der Waals surface area (Å²) in [5.74, 6) is -1.70. The van der Waals surface area contributed by atoms with Crippen molar-refractivity contribution >= 4 is 17.5 Å². The second-order valence-corrected chi connectivity index (χ2v) is 1.80. The zero-order valence-electron chi connectivity index (χ0n) is 5.22. The highest BCUT2D eigenvalue weighted by Crippen LogP contribution is 2.02. The maximum Gasteiger partial charge on any atom is 0.372 e. The van der Waals surface area contributed by atoms with E-state index in [0.717, 1.165) is 0 Å². The van der Waals surface area contributed by atoms with Gasteiger partial charge in [-0.3, -0.25) is 0 Å². The van der Waals surface area contributed by atoms with E-state index in [9.17, 15) is 14.9 Å². The van der Waals surface area contributed by atoms with Crippen LogP contribution in [-0.2, 0) is 4.79 Å². The lowest BCUT2D eigenvalue weighted by molar-refractivity contribution is -0.352. The number of hydrogen-bond acceptors (Lipinski definition) is 5. The van der Waals surface area contributed by atoms with E-state index in [1.165, 1.54) is 0 Å². The predicted octanol–water partition coefficient (Wildman–Crippen LogP) is -0.494. The molecule has 0 amide bonds. The fraction of sp³-hybridized carbons (Fsp3) is 0.250. The molecule has 1 rings (SSSR count). The van der Waals surface area contributed by atoms with Gasteiger partial charge in [-0.15, -0.1) is 0 Å². The lowest BCUT2D eigenvalue weighted by Crippen LogP contribution is -2.17. The van der Waals surface area contributed by atoms with E-state index in [1.807, 2.05) is 0 Å². The molecule has 0 aromatic rings. The molecule has 0 aromatic heterocycles. The van der Waals surface area contributed by atoms with Crippen LogP contribution < -0.4 is 0 Å². The van der Waals surface area contributed by atoms with Crippen LogP contribution in [0.2, 0.25) is 0 Å². The van der Waals surface area contributed by atoms with E-state index < -0.39 is 16.7 Å². The zero-order valence-corrected chi connectivity index (χ0v) is 5.22. The Hall–Kier alpha value is -1.79. The second-order valence-electron chi connectivity index (χ2n) is 1.80. The van der Waals surface area contributed by atoms with E-state index in [2.05, 4.69) is 10.2 Å². The first kappa shape index (κ1) is 7.32. The number of nitrogens with zero attached hydrogens (tertiary/aromatic N) is 3. The van der Waals surface area contributed by atoms with Crippen LogP contribution in [0, 0.1) is 10.1 Å². The van der Waals surface area contributed by atoms with Gasteiger partial charge in [0.15, 0.2) is 5.71 Å². The van der Waals surface area contributed by atoms with Crippen molar-refractivity contribution in [2.75, 3.05) is 0 Å². The molecule has 0 aromatic carbocycles. The number of nitro groups is 1. The minimum atomic E-state index is -1.27. The van der Waals surface area contributed by atoms with Gasteiger partial charge in [0.25, 0.3) is 0 Å². The number of carbonyl (C=O) groups is 1. The van der Waals surface area contributed by atoms with E-state index in [4.69, 9.17) is 5.11 Å². The lowest BCUT2D eigenvalue weighted by atomic mass is 10.3. The van der Waals surface area contributed by atoms with Crippen molar-refractivity contribution in [3.63, 3.8) is 0 Å². The average molecular weight is 157 g/mol. The summed E-state index contributed by atoms with van der Waals surface area (Å²) < 4.78 is 0. The average Bonchev–Trinajstić information content (AvgIpc) is 2.33. The van der Waals surface area contributed by atoms with E-state index in [-0.39, 0.29) is 12.1 Å². The Kier molecular flexibility index (Phi) is 1.63. The first-order valence-corrected chi connectivity index (χ1v) is 2.62. The smallest absolute Gasteiger partial charge is 0.372 e. The summed E-state index contributed by atoms with van der Waals surface area (Å²) >= 11 is 0. The molecule has 0 fully saturated rings. The number of hydrogen-bond donors (Lipinski definition) is 1. The molecule has 1 aliphatic heterocycles. The fourth-order valence-electron chi connectivity index (χ4n) is 0.558. The zero-order chi connectivity index (χ0) is 8.43. The van der Waals surface area contributed by atoms with Crippen molar-refractivity contribution in [3.05, 3.63) is 10.1 Å². The standard InChI is InChI=1S/C4H3N3O4/c8-4(9)2-1-3(6-5-2)7(10)11/h1H2,(H,8,9). The highest BCUT2D eigenvalue weighted by molar-refractivity contribution is 6.39. The molecule has 11 heavy (non-hydrogen) atoms. The molecule has 0 saturated carbocycles. The van der Waals surface area contributed by atoms with Crippen LogP contribution in [0.25, 0.3) is 0 Å². The van der Waals surface area contributed by atoms with Gasteiger partial charge in [-0.05, 0) is 10.0 Å². The van der Waals surface area contributed by atoms with Crippen LogP contribution in [0.3, 0.4) is 0 Å². The van der Waals surface area contributed by atoms with Crippen LogP contribution in [0.4, 0.5) is 0 Å². The molecule has 1 N–H and O–H groups in total. The van der Waals surface area contributed by atoms with Gasteiger partial charge in [-0.2, -0.15) is 0 Å². The Bertz CT molecular complexity index is 251. The van der Waals surface area contributed by atoms with E-state index >= 15 is 0 Å². The summed E-state index contributed by atoms with van der Waals surface area (Å²) in [5.41, 5.74) is -0.295. The highest BCUT2D eigenvalue weighted by atomic mass is 16.6. The van der Waals surface area contributed by atoms with E-state index in [0.29, 0.717) is 0 Å². The van der Waals surface area contributed by atoms with Crippen molar-refractivity contribution in [2.24, 2.45) is 10.2 Å². The summed E-state index contributed by atoms with van der Waals surface area (Å²) in [7, 11) is 0. The summed E-state index contributed by atoms with van der Waals surface area (Å²) in [6.07, 6.45) is -0.303. The molecule has 7 heteroatoms. The number of carboxylic acid groups (broad SMARTS) is 1. The van der Waals surface area contributed by atoms with Crippen LogP contribution in [-0.4, -0.2) is 27.5 Å². The first-order valence-electron chi connectivity index (χ1n) is 2.62. The normalized spacial score (nSPS) is 15.6. The monoisotopic (exact) mass is 157 g/mol. The van der Waals surface area contributed by atoms with Crippen LogP contribution in [0.15, 0.2) is 10.2 Å². The topological polar surface area (TPSA) is 105 Å². The summed E-state index contributed by atoms with van der Waals surface area (Å²) in [5, 5.41) is 24.4. The third kappa shape index (κ3) is 1.37.